The number of hydrogen-bond donors (Lipinski definition) is 1. The molecular weight excluding hydrogens is 264 g/mol. The van der Waals surface area contributed by atoms with Crippen LogP contribution in [0.3, 0.4) is 0 Å². The molecule has 0 spiro atoms. The van der Waals surface area contributed by atoms with E-state index in [-0.39, 0.29) is 13.0 Å². The number of nitrogens with zero attached hydrogens (tertiary/aromatic N) is 1. The summed E-state index contributed by atoms with van der Waals surface area (Å²) in [6.07, 6.45) is 1.41. The van der Waals surface area contributed by atoms with Crippen LogP contribution in [0.15, 0.2) is 41.1 Å². The number of carbonyl (C=O) groups is 2. The fraction of sp³-hybridized carbons (Fsp3) is 0.154. The van der Waals surface area contributed by atoms with Crippen molar-refractivity contribution in [3.8, 4) is 11.5 Å². The number of rotatable bonds is 6. The minimum Gasteiger partial charge on any atom is -0.484 e. The Labute approximate surface area is 114 Å². The minimum atomic E-state index is -0.562. The number of amides is 1. The Morgan fingerprint density at radius 1 is 1.15 bits per heavy atom. The fourth-order valence-electron chi connectivity index (χ4n) is 1.40. The monoisotopic (exact) mass is 276 g/mol. The van der Waals surface area contributed by atoms with Gasteiger partial charge in [-0.05, 0) is 24.3 Å². The Morgan fingerprint density at radius 3 is 2.45 bits per heavy atom. The van der Waals surface area contributed by atoms with Gasteiger partial charge in [-0.2, -0.15) is 0 Å². The Kier molecular flexibility index (Phi) is 4.33. The van der Waals surface area contributed by atoms with E-state index in [4.69, 9.17) is 15.2 Å². The molecule has 0 radical (unpaired) electrons. The van der Waals surface area contributed by atoms with Crippen molar-refractivity contribution in [1.82, 2.24) is 5.16 Å². The predicted molar refractivity (Wildman–Crippen MR) is 67.0 cm³/mol. The van der Waals surface area contributed by atoms with E-state index in [0.717, 1.165) is 0 Å². The zero-order chi connectivity index (χ0) is 14.4. The first-order valence-electron chi connectivity index (χ1n) is 5.74. The van der Waals surface area contributed by atoms with Crippen molar-refractivity contribution in [1.29, 1.82) is 0 Å². The molecule has 7 heteroatoms. The second kappa shape index (κ2) is 6.37. The Morgan fingerprint density at radius 2 is 1.85 bits per heavy atom. The molecule has 0 atom stereocenters. The molecule has 0 saturated carbocycles. The molecule has 1 amide bonds. The van der Waals surface area contributed by atoms with Crippen molar-refractivity contribution >= 4 is 11.9 Å². The van der Waals surface area contributed by atoms with Crippen molar-refractivity contribution in [3.63, 3.8) is 0 Å². The standard InChI is InChI=1S/C13H12N2O5/c14-12(16)8-18-10-1-3-11(4-2-10)20-13(17)7-9-5-6-19-15-9/h1-6H,7-8H2,(H2,14,16). The van der Waals surface area contributed by atoms with E-state index in [1.54, 1.807) is 30.3 Å². The number of benzene rings is 1. The summed E-state index contributed by atoms with van der Waals surface area (Å²) in [6, 6.07) is 7.83. The van der Waals surface area contributed by atoms with Crippen LogP contribution < -0.4 is 15.2 Å². The van der Waals surface area contributed by atoms with Gasteiger partial charge >= 0.3 is 5.97 Å². The second-order valence-corrected chi connectivity index (χ2v) is 3.87. The van der Waals surface area contributed by atoms with Crippen LogP contribution in [0.4, 0.5) is 0 Å². The summed E-state index contributed by atoms with van der Waals surface area (Å²) >= 11 is 0. The normalized spacial score (nSPS) is 10.0. The molecule has 104 valence electrons. The lowest BCUT2D eigenvalue weighted by molar-refractivity contribution is -0.133. The highest BCUT2D eigenvalue weighted by Gasteiger charge is 2.09. The first kappa shape index (κ1) is 13.6. The first-order valence-corrected chi connectivity index (χ1v) is 5.74. The van der Waals surface area contributed by atoms with Crippen molar-refractivity contribution in [2.75, 3.05) is 6.61 Å². The van der Waals surface area contributed by atoms with Crippen molar-refractivity contribution in [2.45, 2.75) is 6.42 Å². The average molecular weight is 276 g/mol. The zero-order valence-electron chi connectivity index (χ0n) is 10.4. The van der Waals surface area contributed by atoms with E-state index in [9.17, 15) is 9.59 Å². The smallest absolute Gasteiger partial charge is 0.317 e. The highest BCUT2D eigenvalue weighted by molar-refractivity contribution is 5.75. The van der Waals surface area contributed by atoms with Gasteiger partial charge in [0.05, 0.1) is 12.1 Å². The molecule has 0 aliphatic carbocycles. The van der Waals surface area contributed by atoms with Crippen LogP contribution in [0.25, 0.3) is 0 Å². The largest absolute Gasteiger partial charge is 0.484 e. The van der Waals surface area contributed by atoms with Crippen molar-refractivity contribution < 1.29 is 23.6 Å². The topological polar surface area (TPSA) is 105 Å². The molecule has 7 nitrogen and oxygen atoms in total. The van der Waals surface area contributed by atoms with Crippen LogP contribution in [0, 0.1) is 0 Å². The van der Waals surface area contributed by atoms with Crippen LogP contribution in [0.2, 0.25) is 0 Å². The lowest BCUT2D eigenvalue weighted by atomic mass is 10.3. The molecule has 1 aromatic heterocycles. The first-order chi connectivity index (χ1) is 9.63. The third-order valence-corrected chi connectivity index (χ3v) is 2.25. The molecule has 0 bridgehead atoms. The zero-order valence-corrected chi connectivity index (χ0v) is 10.4. The van der Waals surface area contributed by atoms with Gasteiger partial charge in [-0.1, -0.05) is 5.16 Å². The molecule has 0 aliphatic heterocycles. The molecular formula is C13H12N2O5. The Balaban J connectivity index is 1.86. The third kappa shape index (κ3) is 4.13. The van der Waals surface area contributed by atoms with E-state index in [0.29, 0.717) is 17.2 Å². The van der Waals surface area contributed by atoms with E-state index in [1.807, 2.05) is 0 Å². The second-order valence-electron chi connectivity index (χ2n) is 3.87. The van der Waals surface area contributed by atoms with Gasteiger partial charge in [0.2, 0.25) is 0 Å². The van der Waals surface area contributed by atoms with Crippen LogP contribution >= 0.6 is 0 Å². The summed E-state index contributed by atoms with van der Waals surface area (Å²) in [5.74, 6) is -0.192. The molecule has 2 rings (SSSR count). The van der Waals surface area contributed by atoms with Crippen LogP contribution in [-0.4, -0.2) is 23.6 Å². The lowest BCUT2D eigenvalue weighted by Crippen LogP contribution is -2.20. The van der Waals surface area contributed by atoms with Crippen molar-refractivity contribution in [2.24, 2.45) is 5.73 Å². The van der Waals surface area contributed by atoms with E-state index < -0.39 is 11.9 Å². The lowest BCUT2D eigenvalue weighted by Gasteiger charge is -2.05. The SMILES string of the molecule is NC(=O)COc1ccc(OC(=O)Cc2ccon2)cc1. The highest BCUT2D eigenvalue weighted by atomic mass is 16.5. The molecule has 0 unspecified atom stereocenters. The molecule has 2 aromatic rings. The number of aromatic nitrogens is 1. The molecule has 0 fully saturated rings. The summed E-state index contributed by atoms with van der Waals surface area (Å²) in [7, 11) is 0. The fourth-order valence-corrected chi connectivity index (χ4v) is 1.40. The van der Waals surface area contributed by atoms with Crippen LogP contribution in [0.1, 0.15) is 5.69 Å². The van der Waals surface area contributed by atoms with Crippen LogP contribution in [0.5, 0.6) is 11.5 Å². The van der Waals surface area contributed by atoms with Crippen LogP contribution in [-0.2, 0) is 16.0 Å². The molecule has 1 aromatic carbocycles. The van der Waals surface area contributed by atoms with Gasteiger partial charge in [-0.3, -0.25) is 9.59 Å². The van der Waals surface area contributed by atoms with Gasteiger partial charge < -0.3 is 19.7 Å². The van der Waals surface area contributed by atoms with Gasteiger partial charge in [-0.25, -0.2) is 0 Å². The van der Waals surface area contributed by atoms with Gasteiger partial charge in [0, 0.05) is 6.07 Å². The molecule has 2 N–H and O–H groups in total. The summed E-state index contributed by atoms with van der Waals surface area (Å²) in [6.45, 7) is -0.203. The van der Waals surface area contributed by atoms with Gasteiger partial charge in [-0.15, -0.1) is 0 Å². The maximum Gasteiger partial charge on any atom is 0.317 e. The van der Waals surface area contributed by atoms with Gasteiger partial charge in [0.15, 0.2) is 6.61 Å². The predicted octanol–water partition coefficient (Wildman–Crippen LogP) is 0.687. The summed E-state index contributed by atoms with van der Waals surface area (Å²) < 4.78 is 14.8. The number of primary amides is 1. The Hall–Kier alpha value is -2.83. The summed E-state index contributed by atoms with van der Waals surface area (Å²) in [5.41, 5.74) is 5.45. The number of hydrogen-bond acceptors (Lipinski definition) is 6. The number of nitrogens with two attached hydrogens (primary N) is 1. The third-order valence-electron chi connectivity index (χ3n) is 2.25. The maximum absolute atomic E-state index is 11.6. The molecule has 1 heterocycles. The summed E-state index contributed by atoms with van der Waals surface area (Å²) in [5, 5.41) is 3.61. The van der Waals surface area contributed by atoms with Crippen molar-refractivity contribution in [3.05, 3.63) is 42.3 Å². The number of ether oxygens (including phenoxy) is 2. The molecule has 0 aliphatic rings. The quantitative estimate of drug-likeness (QED) is 0.614. The van der Waals surface area contributed by atoms with E-state index in [1.165, 1.54) is 6.26 Å². The average Bonchev–Trinajstić information content (AvgIpc) is 2.90. The Bertz CT molecular complexity index is 577. The highest BCUT2D eigenvalue weighted by Crippen LogP contribution is 2.18. The maximum atomic E-state index is 11.6. The number of esters is 1. The van der Waals surface area contributed by atoms with E-state index in [2.05, 4.69) is 9.68 Å². The van der Waals surface area contributed by atoms with Gasteiger partial charge in [0.25, 0.3) is 5.91 Å². The number of carbonyl (C=O) groups excluding carboxylic acids is 2. The molecule has 0 saturated heterocycles. The summed E-state index contributed by atoms with van der Waals surface area (Å²) in [4.78, 5) is 22.1. The minimum absolute atomic E-state index is 0.0242. The van der Waals surface area contributed by atoms with Gasteiger partial charge in [0.1, 0.15) is 17.8 Å². The van der Waals surface area contributed by atoms with E-state index >= 15 is 0 Å². The molecule has 20 heavy (non-hydrogen) atoms.